The Labute approximate surface area is 178 Å². The number of pyridine rings is 1. The number of hydrogen-bond donors (Lipinski definition) is 3. The van der Waals surface area contributed by atoms with Gasteiger partial charge in [0.2, 0.25) is 5.89 Å². The van der Waals surface area contributed by atoms with Crippen LogP contribution in [0.2, 0.25) is 0 Å². The van der Waals surface area contributed by atoms with Crippen molar-refractivity contribution >= 4 is 29.3 Å². The summed E-state index contributed by atoms with van der Waals surface area (Å²) < 4.78 is 43.9. The van der Waals surface area contributed by atoms with Crippen LogP contribution in [-0.4, -0.2) is 57.5 Å². The summed E-state index contributed by atoms with van der Waals surface area (Å²) in [5, 5.41) is 11.7. The predicted octanol–water partition coefficient (Wildman–Crippen LogP) is 2.23. The molecule has 0 radical (unpaired) electrons. The molecular weight excluding hydrogens is 433 g/mol. The van der Waals surface area contributed by atoms with Gasteiger partial charge in [0.05, 0.1) is 6.20 Å². The lowest BCUT2D eigenvalue weighted by Gasteiger charge is -2.12. The molecule has 0 spiro atoms. The average molecular weight is 450 g/mol. The van der Waals surface area contributed by atoms with E-state index in [4.69, 9.17) is 4.42 Å². The van der Waals surface area contributed by atoms with E-state index >= 15 is 0 Å². The topological polar surface area (TPSA) is 130 Å². The van der Waals surface area contributed by atoms with E-state index in [0.717, 1.165) is 6.26 Å². The maximum absolute atomic E-state index is 12.7. The van der Waals surface area contributed by atoms with Crippen LogP contribution < -0.4 is 20.9 Å². The van der Waals surface area contributed by atoms with Crippen LogP contribution in [0.5, 0.6) is 0 Å². The number of aryl methyl sites for hydroxylation is 1. The van der Waals surface area contributed by atoms with Gasteiger partial charge in [0, 0.05) is 31.9 Å². The quantitative estimate of drug-likeness (QED) is 0.525. The summed E-state index contributed by atoms with van der Waals surface area (Å²) in [6.45, 7) is -0.383. The number of amides is 3. The number of halogens is 3. The molecular formula is C18H17F3N8O3. The summed E-state index contributed by atoms with van der Waals surface area (Å²) >= 11 is 0. The van der Waals surface area contributed by atoms with Crippen molar-refractivity contribution in [2.24, 2.45) is 7.05 Å². The van der Waals surface area contributed by atoms with Gasteiger partial charge in [0.25, 0.3) is 5.91 Å². The van der Waals surface area contributed by atoms with Gasteiger partial charge < -0.3 is 20.4 Å². The molecule has 0 aromatic carbocycles. The van der Waals surface area contributed by atoms with Crippen molar-refractivity contribution in [1.29, 1.82) is 0 Å². The zero-order valence-corrected chi connectivity index (χ0v) is 16.6. The number of nitrogens with zero attached hydrogens (tertiary/aromatic N) is 5. The Hall–Kier alpha value is -4.10. The molecule has 3 amide bonds. The molecule has 4 rings (SSSR count). The lowest BCUT2D eigenvalue weighted by molar-refractivity contribution is -0.115. The number of alkyl halides is 3. The molecule has 168 valence electrons. The lowest BCUT2D eigenvalue weighted by atomic mass is 10.2. The van der Waals surface area contributed by atoms with E-state index in [9.17, 15) is 22.8 Å². The van der Waals surface area contributed by atoms with Crippen LogP contribution in [0.3, 0.4) is 0 Å². The molecule has 0 bridgehead atoms. The normalized spacial score (nSPS) is 13.9. The standard InChI is InChI=1S/C18H17F3N8O3/c1-28-7-11(14(27-28)29-5-4-23-17(29)31)25-15(30)12-8-32-16(26-12)10-2-3-22-13(6-10)24-9-18(19,20)21/h2-3,6-8H,4-5,9H2,1H3,(H,22,24)(H,23,31)(H,25,30). The highest BCUT2D eigenvalue weighted by Gasteiger charge is 2.28. The highest BCUT2D eigenvalue weighted by Crippen LogP contribution is 2.26. The molecule has 4 heterocycles. The minimum Gasteiger partial charge on any atom is -0.444 e. The molecule has 1 fully saturated rings. The predicted molar refractivity (Wildman–Crippen MR) is 106 cm³/mol. The fourth-order valence-corrected chi connectivity index (χ4v) is 2.99. The van der Waals surface area contributed by atoms with E-state index in [0.29, 0.717) is 24.3 Å². The Balaban J connectivity index is 1.49. The SMILES string of the molecule is Cn1cc(NC(=O)c2coc(-c3ccnc(NCC(F)(F)F)c3)n2)c(N2CCNC2=O)n1. The Kier molecular flexibility index (Phi) is 5.42. The number of rotatable bonds is 6. The van der Waals surface area contributed by atoms with Gasteiger partial charge in [-0.1, -0.05) is 0 Å². The van der Waals surface area contributed by atoms with Gasteiger partial charge >= 0.3 is 12.2 Å². The lowest BCUT2D eigenvalue weighted by Crippen LogP contribution is -2.29. The smallest absolute Gasteiger partial charge is 0.405 e. The number of carbonyl (C=O) groups excluding carboxylic acids is 2. The molecule has 1 aliphatic rings. The largest absolute Gasteiger partial charge is 0.444 e. The minimum atomic E-state index is -4.40. The van der Waals surface area contributed by atoms with Gasteiger partial charge in [-0.3, -0.25) is 14.4 Å². The number of anilines is 3. The van der Waals surface area contributed by atoms with E-state index in [1.165, 1.54) is 27.9 Å². The summed E-state index contributed by atoms with van der Waals surface area (Å²) in [6, 6.07) is 2.48. The third-order valence-electron chi connectivity index (χ3n) is 4.38. The second kappa shape index (κ2) is 8.20. The molecule has 0 atom stereocenters. The van der Waals surface area contributed by atoms with E-state index < -0.39 is 18.6 Å². The molecule has 14 heteroatoms. The van der Waals surface area contributed by atoms with Crippen LogP contribution in [-0.2, 0) is 7.05 Å². The van der Waals surface area contributed by atoms with Crippen LogP contribution in [0.4, 0.5) is 35.3 Å². The van der Waals surface area contributed by atoms with Crippen molar-refractivity contribution < 1.29 is 27.2 Å². The number of carbonyl (C=O) groups is 2. The molecule has 0 unspecified atom stereocenters. The Morgan fingerprint density at radius 1 is 1.38 bits per heavy atom. The molecule has 32 heavy (non-hydrogen) atoms. The van der Waals surface area contributed by atoms with Crippen LogP contribution in [0, 0.1) is 0 Å². The first-order valence-corrected chi connectivity index (χ1v) is 9.32. The molecule has 3 N–H and O–H groups in total. The van der Waals surface area contributed by atoms with Gasteiger partial charge in [0.1, 0.15) is 24.3 Å². The van der Waals surface area contributed by atoms with Crippen molar-refractivity contribution in [1.82, 2.24) is 25.1 Å². The van der Waals surface area contributed by atoms with E-state index in [1.54, 1.807) is 13.2 Å². The Morgan fingerprint density at radius 2 is 2.19 bits per heavy atom. The zero-order valence-electron chi connectivity index (χ0n) is 16.6. The van der Waals surface area contributed by atoms with Crippen molar-refractivity contribution in [3.8, 4) is 11.5 Å². The van der Waals surface area contributed by atoms with Crippen LogP contribution >= 0.6 is 0 Å². The fraction of sp³-hybridized carbons (Fsp3) is 0.278. The molecule has 1 aliphatic heterocycles. The van der Waals surface area contributed by atoms with Gasteiger partial charge in [0.15, 0.2) is 11.5 Å². The van der Waals surface area contributed by atoms with E-state index in [-0.39, 0.29) is 29.3 Å². The van der Waals surface area contributed by atoms with Crippen molar-refractivity contribution in [3.63, 3.8) is 0 Å². The van der Waals surface area contributed by atoms with Crippen molar-refractivity contribution in [3.05, 3.63) is 36.5 Å². The maximum Gasteiger partial charge on any atom is 0.405 e. The molecule has 0 saturated carbocycles. The molecule has 0 aliphatic carbocycles. The van der Waals surface area contributed by atoms with Crippen LogP contribution in [0.15, 0.2) is 35.2 Å². The Bertz CT molecular complexity index is 1160. The molecule has 1 saturated heterocycles. The van der Waals surface area contributed by atoms with Crippen LogP contribution in [0.1, 0.15) is 10.5 Å². The summed E-state index contributed by atoms with van der Waals surface area (Å²) in [7, 11) is 1.65. The zero-order chi connectivity index (χ0) is 22.9. The molecule has 11 nitrogen and oxygen atoms in total. The van der Waals surface area contributed by atoms with E-state index in [2.05, 4.69) is 31.0 Å². The third-order valence-corrected chi connectivity index (χ3v) is 4.38. The van der Waals surface area contributed by atoms with Gasteiger partial charge in [-0.2, -0.15) is 18.3 Å². The summed E-state index contributed by atoms with van der Waals surface area (Å²) in [4.78, 5) is 33.9. The first-order chi connectivity index (χ1) is 15.2. The van der Waals surface area contributed by atoms with Gasteiger partial charge in [-0.25, -0.2) is 14.8 Å². The van der Waals surface area contributed by atoms with Crippen LogP contribution in [0.25, 0.3) is 11.5 Å². The fourth-order valence-electron chi connectivity index (χ4n) is 2.99. The first kappa shape index (κ1) is 21.1. The third kappa shape index (κ3) is 4.63. The second-order valence-corrected chi connectivity index (χ2v) is 6.81. The minimum absolute atomic E-state index is 0.0204. The van der Waals surface area contributed by atoms with E-state index in [1.807, 2.05) is 0 Å². The molecule has 3 aromatic heterocycles. The number of oxazole rings is 1. The molecule has 3 aromatic rings. The summed E-state index contributed by atoms with van der Waals surface area (Å²) in [5.41, 5.74) is 0.573. The number of aromatic nitrogens is 4. The highest BCUT2D eigenvalue weighted by molar-refractivity contribution is 6.06. The number of hydrogen-bond acceptors (Lipinski definition) is 7. The average Bonchev–Trinajstić information content (AvgIpc) is 3.46. The van der Waals surface area contributed by atoms with Crippen molar-refractivity contribution in [2.45, 2.75) is 6.18 Å². The first-order valence-electron chi connectivity index (χ1n) is 9.32. The monoisotopic (exact) mass is 450 g/mol. The van der Waals surface area contributed by atoms with Crippen molar-refractivity contribution in [2.75, 3.05) is 35.2 Å². The second-order valence-electron chi connectivity index (χ2n) is 6.81. The Morgan fingerprint density at radius 3 is 2.91 bits per heavy atom. The highest BCUT2D eigenvalue weighted by atomic mass is 19.4. The summed E-state index contributed by atoms with van der Waals surface area (Å²) in [6.07, 6.45) is -0.443. The van der Waals surface area contributed by atoms with Gasteiger partial charge in [-0.05, 0) is 12.1 Å². The number of urea groups is 1. The maximum atomic E-state index is 12.7. The number of nitrogens with one attached hydrogen (secondary N) is 3. The van der Waals surface area contributed by atoms with Gasteiger partial charge in [-0.15, -0.1) is 0 Å². The summed E-state index contributed by atoms with van der Waals surface area (Å²) in [5.74, 6) is -0.321.